The lowest BCUT2D eigenvalue weighted by Gasteiger charge is -2.21. The van der Waals surface area contributed by atoms with Gasteiger partial charge in [-0.25, -0.2) is 9.13 Å². The van der Waals surface area contributed by atoms with E-state index in [2.05, 4.69) is 41.5 Å². The molecule has 0 aliphatic carbocycles. The Hall–Kier alpha value is -1.94. The van der Waals surface area contributed by atoms with Crippen molar-refractivity contribution < 1.29 is 80.2 Å². The molecule has 3 N–H and O–H groups in total. The summed E-state index contributed by atoms with van der Waals surface area (Å²) in [6, 6.07) is 0. The fourth-order valence-corrected chi connectivity index (χ4v) is 14.1. The number of esters is 4. The van der Waals surface area contributed by atoms with Gasteiger partial charge in [0, 0.05) is 25.7 Å². The van der Waals surface area contributed by atoms with Gasteiger partial charge in [-0.05, 0) is 37.5 Å². The number of rotatable bonds is 80. The highest BCUT2D eigenvalue weighted by atomic mass is 31.2. The molecule has 3 unspecified atom stereocenters. The number of unbranched alkanes of at least 4 members (excludes halogenated alkanes) is 49. The predicted molar refractivity (Wildman–Crippen MR) is 409 cm³/mol. The van der Waals surface area contributed by atoms with Gasteiger partial charge in [-0.2, -0.15) is 0 Å². The molecule has 0 rings (SSSR count). The topological polar surface area (TPSA) is 237 Å². The second-order valence-corrected chi connectivity index (χ2v) is 32.8. The van der Waals surface area contributed by atoms with Crippen molar-refractivity contribution in [2.45, 2.75) is 445 Å². The number of carbonyl (C=O) groups excluding carboxylic acids is 4. The van der Waals surface area contributed by atoms with Crippen molar-refractivity contribution in [1.82, 2.24) is 0 Å². The summed E-state index contributed by atoms with van der Waals surface area (Å²) < 4.78 is 68.5. The zero-order chi connectivity index (χ0) is 73.5. The maximum atomic E-state index is 13.1. The van der Waals surface area contributed by atoms with Crippen molar-refractivity contribution in [1.29, 1.82) is 0 Å². The van der Waals surface area contributed by atoms with E-state index in [4.69, 9.17) is 37.0 Å². The molecule has 19 heteroatoms. The molecule has 0 aliphatic rings. The fraction of sp³-hybridized carbons (Fsp3) is 0.951. The number of hydrogen-bond acceptors (Lipinski definition) is 15. The summed E-state index contributed by atoms with van der Waals surface area (Å²) in [7, 11) is -9.91. The van der Waals surface area contributed by atoms with Gasteiger partial charge >= 0.3 is 39.5 Å². The van der Waals surface area contributed by atoms with E-state index in [1.54, 1.807) is 0 Å². The van der Waals surface area contributed by atoms with E-state index in [-0.39, 0.29) is 25.7 Å². The molecular weight excluding hydrogens is 1310 g/mol. The molecule has 0 fully saturated rings. The summed E-state index contributed by atoms with van der Waals surface area (Å²) in [5, 5.41) is 10.6. The Kier molecular flexibility index (Phi) is 71.2. The van der Waals surface area contributed by atoms with Gasteiger partial charge in [0.15, 0.2) is 12.2 Å². The number of aliphatic hydroxyl groups excluding tert-OH is 1. The number of carbonyl (C=O) groups is 4. The van der Waals surface area contributed by atoms with Gasteiger partial charge in [-0.3, -0.25) is 37.3 Å². The molecule has 0 spiro atoms. The average Bonchev–Trinajstić information content (AvgIpc) is 0.914. The van der Waals surface area contributed by atoms with Crippen LogP contribution in [0.1, 0.15) is 427 Å². The molecule has 0 aromatic rings. The number of ether oxygens (including phenoxy) is 4. The lowest BCUT2D eigenvalue weighted by atomic mass is 9.99. The van der Waals surface area contributed by atoms with Crippen LogP contribution in [-0.2, 0) is 65.4 Å². The Labute approximate surface area is 613 Å². The largest absolute Gasteiger partial charge is 0.472 e. The van der Waals surface area contributed by atoms with E-state index in [0.29, 0.717) is 25.7 Å². The van der Waals surface area contributed by atoms with Gasteiger partial charge in [0.25, 0.3) is 0 Å². The zero-order valence-corrected chi connectivity index (χ0v) is 67.3. The summed E-state index contributed by atoms with van der Waals surface area (Å²) in [5.41, 5.74) is 0. The lowest BCUT2D eigenvalue weighted by molar-refractivity contribution is -0.161. The third kappa shape index (κ3) is 73.0. The molecule has 0 aliphatic heterocycles. The second-order valence-electron chi connectivity index (χ2n) is 29.9. The van der Waals surface area contributed by atoms with Crippen molar-refractivity contribution in [2.75, 3.05) is 39.6 Å². The van der Waals surface area contributed by atoms with Gasteiger partial charge in [0.1, 0.15) is 19.3 Å². The molecule has 0 saturated heterocycles. The molecule has 17 nitrogen and oxygen atoms in total. The monoisotopic (exact) mass is 1470 g/mol. The molecular formula is C81H158O17P2. The highest BCUT2D eigenvalue weighted by Gasteiger charge is 2.30. The maximum absolute atomic E-state index is 13.1. The lowest BCUT2D eigenvalue weighted by Crippen LogP contribution is -2.30. The number of phosphoric ester groups is 2. The first-order chi connectivity index (χ1) is 48.4. The van der Waals surface area contributed by atoms with E-state index in [1.807, 2.05) is 0 Å². The maximum Gasteiger partial charge on any atom is 0.472 e. The first kappa shape index (κ1) is 98.1. The third-order valence-corrected chi connectivity index (χ3v) is 21.2. The van der Waals surface area contributed by atoms with Crippen LogP contribution in [0.5, 0.6) is 0 Å². The summed E-state index contributed by atoms with van der Waals surface area (Å²) in [6.07, 6.45) is 62.9. The Morgan fingerprint density at radius 2 is 0.510 bits per heavy atom. The van der Waals surface area contributed by atoms with Gasteiger partial charge in [0.05, 0.1) is 26.4 Å². The minimum atomic E-state index is -4.96. The number of hydrogen-bond donors (Lipinski definition) is 3. The van der Waals surface area contributed by atoms with Gasteiger partial charge < -0.3 is 33.8 Å². The fourth-order valence-electron chi connectivity index (χ4n) is 12.5. The molecule has 0 bridgehead atoms. The highest BCUT2D eigenvalue weighted by Crippen LogP contribution is 2.45. The Morgan fingerprint density at radius 1 is 0.290 bits per heavy atom. The molecule has 6 atom stereocenters. The van der Waals surface area contributed by atoms with E-state index in [1.165, 1.54) is 238 Å². The first-order valence-electron chi connectivity index (χ1n) is 42.0. The number of aliphatic hydroxyl groups is 1. The minimum Gasteiger partial charge on any atom is -0.462 e. The van der Waals surface area contributed by atoms with Crippen LogP contribution >= 0.6 is 15.6 Å². The SMILES string of the molecule is CCCCCCCCCCCCCCCCC(=O)O[C@H](COC(=O)CCCCCCC)COP(=O)(O)OC[C@H](O)COP(=O)(O)OC[C@@H](COC(=O)CCCCCCCCCCCCCCCCCCC(C)C)OC(=O)CCCCCCCCCCCCCCCCCCCCC(C)CC. The average molecular weight is 1470 g/mol. The standard InChI is InChI=1S/C81H158O17P2/c1-7-10-12-14-15-16-17-18-31-37-42-47-53-59-65-80(85)97-76(69-91-78(83)63-57-49-13-11-8-2)71-95-99(87,88)93-67-75(82)68-94-100(89,90)96-72-77(70-92-79(84)64-58-52-46-41-36-32-27-24-23-25-29-34-39-44-50-55-61-73(4)5)98-81(86)66-60-54-48-43-38-33-28-22-20-19-21-26-30-35-40-45-51-56-62-74(6)9-3/h73-77,82H,7-72H2,1-6H3,(H,87,88)(H,89,90)/t74?,75-,76+,77+/m0/s1. The van der Waals surface area contributed by atoms with E-state index in [0.717, 1.165) is 108 Å². The quantitative estimate of drug-likeness (QED) is 0.0222. The molecule has 0 aromatic heterocycles. The van der Waals surface area contributed by atoms with Gasteiger partial charge in [-0.15, -0.1) is 0 Å². The van der Waals surface area contributed by atoms with Crippen molar-refractivity contribution in [3.63, 3.8) is 0 Å². The molecule has 0 heterocycles. The minimum absolute atomic E-state index is 0.107. The summed E-state index contributed by atoms with van der Waals surface area (Å²) in [6.45, 7) is 9.64. The highest BCUT2D eigenvalue weighted by molar-refractivity contribution is 7.47. The Balaban J connectivity index is 5.11. The van der Waals surface area contributed by atoms with Crippen LogP contribution in [0.4, 0.5) is 0 Å². The third-order valence-electron chi connectivity index (χ3n) is 19.3. The van der Waals surface area contributed by atoms with E-state index >= 15 is 0 Å². The van der Waals surface area contributed by atoms with Crippen molar-refractivity contribution in [2.24, 2.45) is 11.8 Å². The van der Waals surface area contributed by atoms with Gasteiger partial charge in [-0.1, -0.05) is 375 Å². The summed E-state index contributed by atoms with van der Waals surface area (Å²) in [4.78, 5) is 72.7. The predicted octanol–water partition coefficient (Wildman–Crippen LogP) is 24.3. The molecule has 0 aromatic carbocycles. The van der Waals surface area contributed by atoms with Crippen LogP contribution in [0.25, 0.3) is 0 Å². The smallest absolute Gasteiger partial charge is 0.462 e. The molecule has 0 amide bonds. The van der Waals surface area contributed by atoms with Gasteiger partial charge in [0.2, 0.25) is 0 Å². The molecule has 0 saturated carbocycles. The zero-order valence-electron chi connectivity index (χ0n) is 65.5. The van der Waals surface area contributed by atoms with Crippen LogP contribution in [0.15, 0.2) is 0 Å². The van der Waals surface area contributed by atoms with Crippen molar-refractivity contribution in [3.8, 4) is 0 Å². The van der Waals surface area contributed by atoms with Crippen molar-refractivity contribution >= 4 is 39.5 Å². The van der Waals surface area contributed by atoms with Crippen molar-refractivity contribution in [3.05, 3.63) is 0 Å². The van der Waals surface area contributed by atoms with Crippen LogP contribution in [0.2, 0.25) is 0 Å². The number of phosphoric acid groups is 2. The second kappa shape index (κ2) is 72.6. The first-order valence-corrected chi connectivity index (χ1v) is 45.0. The summed E-state index contributed by atoms with van der Waals surface area (Å²) >= 11 is 0. The van der Waals surface area contributed by atoms with Crippen LogP contribution in [0, 0.1) is 11.8 Å². The normalized spacial score (nSPS) is 14.2. The van der Waals surface area contributed by atoms with Crippen LogP contribution in [-0.4, -0.2) is 96.7 Å². The molecule has 594 valence electrons. The van der Waals surface area contributed by atoms with Crippen LogP contribution < -0.4 is 0 Å². The van der Waals surface area contributed by atoms with E-state index < -0.39 is 97.5 Å². The summed E-state index contributed by atoms with van der Waals surface area (Å²) in [5.74, 6) is -0.436. The Bertz CT molecular complexity index is 1930. The van der Waals surface area contributed by atoms with Crippen LogP contribution in [0.3, 0.4) is 0 Å². The molecule has 100 heavy (non-hydrogen) atoms. The Morgan fingerprint density at radius 3 is 0.760 bits per heavy atom. The molecule has 0 radical (unpaired) electrons. The van der Waals surface area contributed by atoms with E-state index in [9.17, 15) is 43.2 Å².